The van der Waals surface area contributed by atoms with Gasteiger partial charge in [-0.3, -0.25) is 4.72 Å². The topological polar surface area (TPSA) is 36.8 Å². The van der Waals surface area contributed by atoms with Crippen LogP contribution in [0.3, 0.4) is 0 Å². The first-order valence-corrected chi connectivity index (χ1v) is 3.37. The van der Waals surface area contributed by atoms with Crippen LogP contribution in [0.25, 0.3) is 0 Å². The first kappa shape index (κ1) is 7.27. The van der Waals surface area contributed by atoms with Crippen molar-refractivity contribution < 1.29 is 9.83 Å². The van der Waals surface area contributed by atoms with Crippen LogP contribution < -0.4 is 4.72 Å². The van der Waals surface area contributed by atoms with Crippen molar-refractivity contribution in [3.63, 3.8) is 0 Å². The summed E-state index contributed by atoms with van der Waals surface area (Å²) in [6.07, 6.45) is 0. The molecule has 0 spiro atoms. The van der Waals surface area contributed by atoms with Gasteiger partial charge in [0.05, 0.1) is 6.54 Å². The summed E-state index contributed by atoms with van der Waals surface area (Å²) in [5, 5.41) is 8.62. The van der Waals surface area contributed by atoms with Crippen LogP contribution in [0.2, 0.25) is 0 Å². The third-order valence-electron chi connectivity index (χ3n) is 0.460. The Hall–Kier alpha value is 0.270. The van der Waals surface area contributed by atoms with Gasteiger partial charge in [-0.15, -0.1) is 0 Å². The molecule has 0 saturated carbocycles. The molecule has 0 saturated heterocycles. The number of rotatable bonds is 3. The SMILES string of the molecule is CC[NH2+]SC(C)O. The van der Waals surface area contributed by atoms with Crippen molar-refractivity contribution in [3.05, 3.63) is 0 Å². The van der Waals surface area contributed by atoms with Crippen LogP contribution in [-0.2, 0) is 0 Å². The minimum atomic E-state index is -0.236. The zero-order chi connectivity index (χ0) is 5.70. The lowest BCUT2D eigenvalue weighted by Crippen LogP contribution is -2.75. The molecule has 44 valence electrons. The average molecular weight is 122 g/mol. The molecule has 0 amide bonds. The maximum absolute atomic E-state index is 8.62. The van der Waals surface area contributed by atoms with Gasteiger partial charge in [0.2, 0.25) is 0 Å². The van der Waals surface area contributed by atoms with Crippen molar-refractivity contribution in [3.8, 4) is 0 Å². The van der Waals surface area contributed by atoms with Gasteiger partial charge in [-0.05, 0) is 13.8 Å². The van der Waals surface area contributed by atoms with E-state index < -0.39 is 0 Å². The number of quaternary nitrogens is 1. The molecule has 0 rings (SSSR count). The van der Waals surface area contributed by atoms with E-state index in [-0.39, 0.29) is 5.44 Å². The van der Waals surface area contributed by atoms with E-state index in [1.807, 2.05) is 4.72 Å². The average Bonchev–Trinajstić information content (AvgIpc) is 1.61. The van der Waals surface area contributed by atoms with Gasteiger partial charge in [-0.2, -0.15) is 0 Å². The summed E-state index contributed by atoms with van der Waals surface area (Å²) in [6.45, 7) is 4.84. The van der Waals surface area contributed by atoms with Crippen LogP contribution >= 0.6 is 11.9 Å². The second kappa shape index (κ2) is 4.43. The summed E-state index contributed by atoms with van der Waals surface area (Å²) in [4.78, 5) is 0. The van der Waals surface area contributed by atoms with Crippen molar-refractivity contribution in [1.29, 1.82) is 0 Å². The van der Waals surface area contributed by atoms with Gasteiger partial charge in [0.1, 0.15) is 11.9 Å². The predicted octanol–water partition coefficient (Wildman–Crippen LogP) is -0.444. The third kappa shape index (κ3) is 6.27. The maximum atomic E-state index is 8.62. The Morgan fingerprint density at radius 3 is 2.57 bits per heavy atom. The number of aliphatic hydroxyl groups is 1. The molecule has 0 aromatic heterocycles. The fraction of sp³-hybridized carbons (Fsp3) is 1.00. The second-order valence-corrected chi connectivity index (χ2v) is 2.60. The van der Waals surface area contributed by atoms with Gasteiger partial charge in [0.25, 0.3) is 0 Å². The van der Waals surface area contributed by atoms with Crippen LogP contribution in [0.15, 0.2) is 0 Å². The van der Waals surface area contributed by atoms with Crippen molar-refractivity contribution in [1.82, 2.24) is 0 Å². The maximum Gasteiger partial charge on any atom is 0.150 e. The third-order valence-corrected chi connectivity index (χ3v) is 1.38. The minimum Gasteiger partial charge on any atom is -0.377 e. The summed E-state index contributed by atoms with van der Waals surface area (Å²) in [5.41, 5.74) is -0.236. The lowest BCUT2D eigenvalue weighted by atomic mass is 10.8. The van der Waals surface area contributed by atoms with Crippen LogP contribution in [0, 0.1) is 0 Å². The van der Waals surface area contributed by atoms with E-state index in [1.54, 1.807) is 6.92 Å². The Kier molecular flexibility index (Phi) is 4.60. The Bertz CT molecular complexity index is 40.7. The largest absolute Gasteiger partial charge is 0.377 e. The van der Waals surface area contributed by atoms with Crippen LogP contribution in [0.5, 0.6) is 0 Å². The van der Waals surface area contributed by atoms with E-state index in [4.69, 9.17) is 5.11 Å². The van der Waals surface area contributed by atoms with Crippen LogP contribution in [0.1, 0.15) is 13.8 Å². The molecule has 1 atom stereocenters. The minimum absolute atomic E-state index is 0.236. The Balaban J connectivity index is 2.68. The lowest BCUT2D eigenvalue weighted by Gasteiger charge is -1.95. The summed E-state index contributed by atoms with van der Waals surface area (Å²) in [5.74, 6) is 0. The summed E-state index contributed by atoms with van der Waals surface area (Å²) >= 11 is 1.46. The number of aliphatic hydroxyl groups excluding tert-OH is 1. The van der Waals surface area contributed by atoms with Crippen molar-refractivity contribution in [2.45, 2.75) is 19.3 Å². The highest BCUT2D eigenvalue weighted by Gasteiger charge is 1.95. The molecule has 0 fully saturated rings. The summed E-state index contributed by atoms with van der Waals surface area (Å²) < 4.78 is 1.99. The highest BCUT2D eigenvalue weighted by atomic mass is 32.2. The summed E-state index contributed by atoms with van der Waals surface area (Å²) in [7, 11) is 0. The van der Waals surface area contributed by atoms with Gasteiger partial charge < -0.3 is 5.11 Å². The molecule has 0 aromatic carbocycles. The van der Waals surface area contributed by atoms with E-state index >= 15 is 0 Å². The van der Waals surface area contributed by atoms with Crippen molar-refractivity contribution >= 4 is 11.9 Å². The quantitative estimate of drug-likeness (QED) is 0.393. The first-order chi connectivity index (χ1) is 3.27. The number of hydrogen-bond donors (Lipinski definition) is 2. The zero-order valence-corrected chi connectivity index (χ0v) is 5.53. The molecule has 0 radical (unpaired) electrons. The normalized spacial score (nSPS) is 14.1. The van der Waals surface area contributed by atoms with E-state index in [2.05, 4.69) is 6.92 Å². The molecule has 3 heteroatoms. The molecule has 0 aromatic rings. The molecule has 1 unspecified atom stereocenters. The van der Waals surface area contributed by atoms with Crippen LogP contribution in [-0.4, -0.2) is 17.1 Å². The van der Waals surface area contributed by atoms with E-state index in [9.17, 15) is 0 Å². The molecule has 0 aliphatic carbocycles. The zero-order valence-electron chi connectivity index (χ0n) is 4.72. The predicted molar refractivity (Wildman–Crippen MR) is 31.7 cm³/mol. The Morgan fingerprint density at radius 1 is 1.86 bits per heavy atom. The van der Waals surface area contributed by atoms with Crippen molar-refractivity contribution in [2.24, 2.45) is 0 Å². The highest BCUT2D eigenvalue weighted by Crippen LogP contribution is 1.90. The Morgan fingerprint density at radius 2 is 2.43 bits per heavy atom. The second-order valence-electron chi connectivity index (χ2n) is 1.31. The van der Waals surface area contributed by atoms with Crippen molar-refractivity contribution in [2.75, 3.05) is 6.54 Å². The fourth-order valence-electron chi connectivity index (χ4n) is 0.235. The smallest absolute Gasteiger partial charge is 0.150 e. The molecule has 2 nitrogen and oxygen atoms in total. The first-order valence-electron chi connectivity index (χ1n) is 2.42. The van der Waals surface area contributed by atoms with Gasteiger partial charge in [0, 0.05) is 0 Å². The molecule has 0 bridgehead atoms. The molecular formula is C4H12NOS+. The lowest BCUT2D eigenvalue weighted by molar-refractivity contribution is -0.477. The molecule has 3 N–H and O–H groups in total. The Labute approximate surface area is 48.4 Å². The molecule has 0 heterocycles. The summed E-state index contributed by atoms with van der Waals surface area (Å²) in [6, 6.07) is 0. The molecular weight excluding hydrogens is 110 g/mol. The van der Waals surface area contributed by atoms with Gasteiger partial charge in [-0.25, -0.2) is 0 Å². The number of hydrogen-bond acceptors (Lipinski definition) is 2. The monoisotopic (exact) mass is 122 g/mol. The van der Waals surface area contributed by atoms with Crippen LogP contribution in [0.4, 0.5) is 0 Å². The number of nitrogens with two attached hydrogens (primary N) is 1. The van der Waals surface area contributed by atoms with Gasteiger partial charge in [0.15, 0.2) is 5.44 Å². The molecule has 0 aliphatic heterocycles. The fourth-order valence-corrected chi connectivity index (χ4v) is 0.706. The van der Waals surface area contributed by atoms with E-state index in [1.165, 1.54) is 11.9 Å². The van der Waals surface area contributed by atoms with E-state index in [0.717, 1.165) is 6.54 Å². The highest BCUT2D eigenvalue weighted by molar-refractivity contribution is 7.93. The van der Waals surface area contributed by atoms with Gasteiger partial charge >= 0.3 is 0 Å². The molecule has 7 heavy (non-hydrogen) atoms. The van der Waals surface area contributed by atoms with E-state index in [0.29, 0.717) is 0 Å². The standard InChI is InChI=1S/C4H11NOS/c1-3-5-7-4(2)6/h4-6H,3H2,1-2H3/p+1. The van der Waals surface area contributed by atoms with Gasteiger partial charge in [-0.1, -0.05) is 0 Å². The molecule has 0 aliphatic rings.